The Balaban J connectivity index is 1.50. The number of nitrogens with one attached hydrogen (secondary N) is 1. The quantitative estimate of drug-likeness (QED) is 0.895. The van der Waals surface area contributed by atoms with Gasteiger partial charge in [-0.2, -0.15) is 0 Å². The van der Waals surface area contributed by atoms with Crippen molar-refractivity contribution in [2.24, 2.45) is 0 Å². The lowest BCUT2D eigenvalue weighted by Crippen LogP contribution is -2.36. The van der Waals surface area contributed by atoms with Gasteiger partial charge in [0.25, 0.3) is 0 Å². The summed E-state index contributed by atoms with van der Waals surface area (Å²) in [5.41, 5.74) is 2.73. The van der Waals surface area contributed by atoms with Crippen LogP contribution in [0.4, 0.5) is 14.9 Å². The number of nitrogens with zero attached hydrogens (tertiary/aromatic N) is 2. The van der Waals surface area contributed by atoms with Gasteiger partial charge >= 0.3 is 6.03 Å². The zero-order valence-electron chi connectivity index (χ0n) is 14.7. The molecular formula is C20H22FN3O2. The number of anilines is 1. The molecule has 0 radical (unpaired) electrons. The monoisotopic (exact) mass is 355 g/mol. The maximum atomic E-state index is 12.9. The summed E-state index contributed by atoms with van der Waals surface area (Å²) in [6.07, 6.45) is 1.51. The molecule has 3 rings (SSSR count). The molecule has 1 saturated heterocycles. The van der Waals surface area contributed by atoms with Gasteiger partial charge in [0.05, 0.1) is 0 Å². The van der Waals surface area contributed by atoms with Crippen molar-refractivity contribution in [3.8, 4) is 0 Å². The molecule has 1 N–H and O–H groups in total. The molecule has 3 amide bonds. The van der Waals surface area contributed by atoms with Crippen molar-refractivity contribution in [2.75, 3.05) is 18.5 Å². The highest BCUT2D eigenvalue weighted by Gasteiger charge is 2.21. The molecule has 0 aliphatic carbocycles. The Kier molecular flexibility index (Phi) is 5.51. The van der Waals surface area contributed by atoms with E-state index in [0.717, 1.165) is 29.8 Å². The lowest BCUT2D eigenvalue weighted by molar-refractivity contribution is -0.117. The minimum atomic E-state index is -0.292. The lowest BCUT2D eigenvalue weighted by Gasteiger charge is -2.19. The van der Waals surface area contributed by atoms with Crippen LogP contribution < -0.4 is 10.2 Å². The van der Waals surface area contributed by atoms with E-state index in [-0.39, 0.29) is 17.8 Å². The first-order valence-corrected chi connectivity index (χ1v) is 8.65. The van der Waals surface area contributed by atoms with Gasteiger partial charge in [0.2, 0.25) is 5.91 Å². The van der Waals surface area contributed by atoms with Crippen LogP contribution in [0.1, 0.15) is 24.0 Å². The number of amides is 3. The van der Waals surface area contributed by atoms with Gasteiger partial charge in [-0.15, -0.1) is 0 Å². The zero-order valence-corrected chi connectivity index (χ0v) is 14.7. The van der Waals surface area contributed by atoms with Crippen molar-refractivity contribution >= 4 is 17.6 Å². The van der Waals surface area contributed by atoms with Gasteiger partial charge in [0.15, 0.2) is 0 Å². The molecule has 5 nitrogen and oxygen atoms in total. The summed E-state index contributed by atoms with van der Waals surface area (Å²) in [5.74, 6) is -0.131. The fourth-order valence-electron chi connectivity index (χ4n) is 2.96. The van der Waals surface area contributed by atoms with Gasteiger partial charge < -0.3 is 15.1 Å². The fraction of sp³-hybridized carbons (Fsp3) is 0.300. The van der Waals surface area contributed by atoms with Gasteiger partial charge in [-0.3, -0.25) is 4.79 Å². The largest absolute Gasteiger partial charge is 0.334 e. The van der Waals surface area contributed by atoms with Crippen LogP contribution in [0.5, 0.6) is 0 Å². The van der Waals surface area contributed by atoms with E-state index in [9.17, 15) is 14.0 Å². The molecule has 1 heterocycles. The first kappa shape index (κ1) is 17.9. The highest BCUT2D eigenvalue weighted by Crippen LogP contribution is 2.21. The molecule has 6 heteroatoms. The predicted octanol–water partition coefficient (Wildman–Crippen LogP) is 3.29. The van der Waals surface area contributed by atoms with E-state index in [0.29, 0.717) is 19.5 Å². The molecular weight excluding hydrogens is 333 g/mol. The summed E-state index contributed by atoms with van der Waals surface area (Å²) in [7, 11) is 1.70. The van der Waals surface area contributed by atoms with E-state index in [2.05, 4.69) is 5.32 Å². The first-order chi connectivity index (χ1) is 12.5. The molecule has 26 heavy (non-hydrogen) atoms. The number of benzene rings is 2. The molecule has 1 aliphatic rings. The summed E-state index contributed by atoms with van der Waals surface area (Å²) in [6.45, 7) is 1.58. The van der Waals surface area contributed by atoms with E-state index >= 15 is 0 Å². The minimum Gasteiger partial charge on any atom is -0.334 e. The van der Waals surface area contributed by atoms with Crippen LogP contribution in [0.2, 0.25) is 0 Å². The second kappa shape index (κ2) is 7.99. The van der Waals surface area contributed by atoms with Crippen molar-refractivity contribution in [3.63, 3.8) is 0 Å². The predicted molar refractivity (Wildman–Crippen MR) is 98.1 cm³/mol. The Morgan fingerprint density at radius 2 is 1.77 bits per heavy atom. The second-order valence-electron chi connectivity index (χ2n) is 6.46. The molecule has 1 fully saturated rings. The van der Waals surface area contributed by atoms with E-state index < -0.39 is 0 Å². The molecule has 0 aromatic heterocycles. The van der Waals surface area contributed by atoms with Crippen molar-refractivity contribution in [2.45, 2.75) is 25.9 Å². The lowest BCUT2D eigenvalue weighted by atomic mass is 10.2. The number of halogens is 1. The van der Waals surface area contributed by atoms with E-state index in [1.165, 1.54) is 12.1 Å². The molecule has 1 aliphatic heterocycles. The first-order valence-electron chi connectivity index (χ1n) is 8.65. The number of carbonyl (C=O) groups excluding carboxylic acids is 2. The number of rotatable bonds is 5. The van der Waals surface area contributed by atoms with Crippen LogP contribution in [0.15, 0.2) is 48.5 Å². The zero-order chi connectivity index (χ0) is 18.5. The second-order valence-corrected chi connectivity index (χ2v) is 6.46. The molecule has 2 aromatic rings. The third-order valence-corrected chi connectivity index (χ3v) is 4.44. The van der Waals surface area contributed by atoms with Gasteiger partial charge in [-0.25, -0.2) is 9.18 Å². The fourth-order valence-corrected chi connectivity index (χ4v) is 2.96. The summed E-state index contributed by atoms with van der Waals surface area (Å²) in [4.78, 5) is 27.3. The maximum Gasteiger partial charge on any atom is 0.317 e. The molecule has 2 aromatic carbocycles. The Hall–Kier alpha value is -2.89. The van der Waals surface area contributed by atoms with Gasteiger partial charge in [0, 0.05) is 38.8 Å². The SMILES string of the molecule is CN(Cc1ccc(F)cc1)C(=O)NCc1ccc(N2CCCC2=O)cc1. The smallest absolute Gasteiger partial charge is 0.317 e. The van der Waals surface area contributed by atoms with Crippen molar-refractivity contribution in [3.05, 3.63) is 65.5 Å². The number of urea groups is 1. The highest BCUT2D eigenvalue weighted by molar-refractivity contribution is 5.95. The molecule has 0 unspecified atom stereocenters. The Morgan fingerprint density at radius 3 is 2.38 bits per heavy atom. The maximum absolute atomic E-state index is 12.9. The van der Waals surface area contributed by atoms with Gasteiger partial charge in [-0.05, 0) is 41.8 Å². The van der Waals surface area contributed by atoms with E-state index in [4.69, 9.17) is 0 Å². The van der Waals surface area contributed by atoms with Crippen LogP contribution in [0, 0.1) is 5.82 Å². The normalized spacial score (nSPS) is 13.8. The number of carbonyl (C=O) groups is 2. The van der Waals surface area contributed by atoms with Crippen LogP contribution >= 0.6 is 0 Å². The summed E-state index contributed by atoms with van der Waals surface area (Å²) in [5, 5.41) is 2.86. The van der Waals surface area contributed by atoms with Crippen LogP contribution in [-0.4, -0.2) is 30.4 Å². The van der Waals surface area contributed by atoms with E-state index in [1.807, 2.05) is 24.3 Å². The van der Waals surface area contributed by atoms with Crippen molar-refractivity contribution in [1.82, 2.24) is 10.2 Å². The van der Waals surface area contributed by atoms with Crippen molar-refractivity contribution < 1.29 is 14.0 Å². The van der Waals surface area contributed by atoms with Crippen LogP contribution in [-0.2, 0) is 17.9 Å². The van der Waals surface area contributed by atoms with Crippen molar-refractivity contribution in [1.29, 1.82) is 0 Å². The summed E-state index contributed by atoms with van der Waals surface area (Å²) < 4.78 is 12.9. The van der Waals surface area contributed by atoms with Crippen LogP contribution in [0.25, 0.3) is 0 Å². The Bertz CT molecular complexity index is 775. The number of hydrogen-bond donors (Lipinski definition) is 1. The number of hydrogen-bond acceptors (Lipinski definition) is 2. The summed E-state index contributed by atoms with van der Waals surface area (Å²) >= 11 is 0. The third kappa shape index (κ3) is 4.39. The third-order valence-electron chi connectivity index (χ3n) is 4.44. The van der Waals surface area contributed by atoms with Gasteiger partial charge in [0.1, 0.15) is 5.82 Å². The molecule has 0 saturated carbocycles. The average molecular weight is 355 g/mol. The Morgan fingerprint density at radius 1 is 1.12 bits per heavy atom. The molecule has 0 bridgehead atoms. The van der Waals surface area contributed by atoms with E-state index in [1.54, 1.807) is 29.0 Å². The Labute approximate surface area is 152 Å². The van der Waals surface area contributed by atoms with Crippen LogP contribution in [0.3, 0.4) is 0 Å². The average Bonchev–Trinajstić information content (AvgIpc) is 3.08. The molecule has 0 spiro atoms. The highest BCUT2D eigenvalue weighted by atomic mass is 19.1. The van der Waals surface area contributed by atoms with Gasteiger partial charge in [-0.1, -0.05) is 24.3 Å². The summed E-state index contributed by atoms with van der Waals surface area (Å²) in [6, 6.07) is 13.5. The molecule has 0 atom stereocenters. The minimum absolute atomic E-state index is 0.161. The topological polar surface area (TPSA) is 52.7 Å². The standard InChI is InChI=1S/C20H22FN3O2/c1-23(14-16-4-8-17(21)9-5-16)20(26)22-13-15-6-10-18(11-7-15)24-12-2-3-19(24)25/h4-11H,2-3,12-14H2,1H3,(H,22,26). The molecule has 136 valence electrons.